The van der Waals surface area contributed by atoms with Crippen molar-refractivity contribution in [2.45, 2.75) is 30.2 Å². The van der Waals surface area contributed by atoms with Gasteiger partial charge in [-0.15, -0.1) is 11.8 Å². The van der Waals surface area contributed by atoms with Crippen molar-refractivity contribution in [3.05, 3.63) is 71.6 Å². The molecule has 1 aliphatic rings. The summed E-state index contributed by atoms with van der Waals surface area (Å²) in [5, 5.41) is 0.529. The summed E-state index contributed by atoms with van der Waals surface area (Å²) in [7, 11) is 0. The summed E-state index contributed by atoms with van der Waals surface area (Å²) in [6.45, 7) is 14.8. The molecule has 0 spiro atoms. The summed E-state index contributed by atoms with van der Waals surface area (Å²) < 4.78 is 53.8. The van der Waals surface area contributed by atoms with Crippen molar-refractivity contribution in [1.29, 1.82) is 0 Å². The lowest BCUT2D eigenvalue weighted by Crippen LogP contribution is -2.45. The zero-order valence-electron chi connectivity index (χ0n) is 14.7. The van der Waals surface area contributed by atoms with Crippen LogP contribution in [-0.2, 0) is 0 Å². The number of halogens is 5. The molecule has 0 saturated heterocycles. The minimum Gasteiger partial charge on any atom is -0.293 e. The molecule has 0 aliphatic carbocycles. The Morgan fingerprint density at radius 1 is 1.30 bits per heavy atom. The molecule has 0 amide bonds. The summed E-state index contributed by atoms with van der Waals surface area (Å²) in [5.74, 6) is 4.50. The largest absolute Gasteiger partial charge is 0.433 e. The maximum absolute atomic E-state index is 14.6. The Morgan fingerprint density at radius 2 is 1.89 bits per heavy atom. The fourth-order valence-corrected chi connectivity index (χ4v) is 3.50. The molecule has 9 heteroatoms. The van der Waals surface area contributed by atoms with Crippen molar-refractivity contribution < 1.29 is 17.6 Å². The van der Waals surface area contributed by atoms with Gasteiger partial charge in [0.15, 0.2) is 0 Å². The van der Waals surface area contributed by atoms with Crippen LogP contribution in [0.3, 0.4) is 0 Å². The van der Waals surface area contributed by atoms with Crippen molar-refractivity contribution in [2.24, 2.45) is 5.84 Å². The topological polar surface area (TPSA) is 32.5 Å². The van der Waals surface area contributed by atoms with E-state index in [1.165, 1.54) is 17.8 Å². The number of nitrogens with zero attached hydrogens (tertiary/aromatic N) is 2. The van der Waals surface area contributed by atoms with Crippen LogP contribution in [0.25, 0.3) is 0 Å². The predicted octanol–water partition coefficient (Wildman–Crippen LogP) is 5.96. The van der Waals surface area contributed by atoms with Crippen LogP contribution in [0.15, 0.2) is 65.6 Å². The molecular weight excluding hydrogens is 402 g/mol. The zero-order chi connectivity index (χ0) is 20.7. The van der Waals surface area contributed by atoms with Crippen molar-refractivity contribution in [1.82, 2.24) is 5.01 Å². The van der Waals surface area contributed by atoms with Crippen molar-refractivity contribution in [3.63, 3.8) is 0 Å². The van der Waals surface area contributed by atoms with Gasteiger partial charge in [-0.1, -0.05) is 36.9 Å². The first-order valence-electron chi connectivity index (χ1n) is 7.67. The highest BCUT2D eigenvalue weighted by Crippen LogP contribution is 2.42. The second-order valence-corrected chi connectivity index (χ2v) is 7.77. The van der Waals surface area contributed by atoms with E-state index in [0.29, 0.717) is 9.90 Å². The predicted molar refractivity (Wildman–Crippen MR) is 102 cm³/mol. The standard InChI is InChI=1S/C18H18ClF4N3S/c1-9(2)11(4)27-16-8-15(14(20)7-13(16)19)25-10(3)6-17(18(21,22)23)26(24)12(25)5/h6-8,11H,1,3,5,24H2,2,4H3. The Labute approximate surface area is 164 Å². The third-order valence-corrected chi connectivity index (χ3v) is 5.69. The van der Waals surface area contributed by atoms with Crippen LogP contribution in [0.2, 0.25) is 5.02 Å². The highest BCUT2D eigenvalue weighted by atomic mass is 35.5. The van der Waals surface area contributed by atoms with Crippen molar-refractivity contribution in [2.75, 3.05) is 4.90 Å². The fourth-order valence-electron chi connectivity index (χ4n) is 2.29. The molecule has 2 rings (SSSR count). The lowest BCUT2D eigenvalue weighted by atomic mass is 10.2. The first-order valence-corrected chi connectivity index (χ1v) is 8.93. The molecule has 27 heavy (non-hydrogen) atoms. The fraction of sp³-hybridized carbons (Fsp3) is 0.222. The number of thioether (sulfide) groups is 1. The minimum absolute atomic E-state index is 0.00342. The number of allylic oxidation sites excluding steroid dienone is 2. The summed E-state index contributed by atoms with van der Waals surface area (Å²) in [6.07, 6.45) is -3.98. The number of benzene rings is 1. The van der Waals surface area contributed by atoms with Crippen LogP contribution in [0.4, 0.5) is 23.2 Å². The normalized spacial score (nSPS) is 16.5. The number of alkyl halides is 3. The van der Waals surface area contributed by atoms with Gasteiger partial charge in [0.1, 0.15) is 17.3 Å². The molecule has 0 radical (unpaired) electrons. The van der Waals surface area contributed by atoms with E-state index in [-0.39, 0.29) is 27.5 Å². The van der Waals surface area contributed by atoms with Gasteiger partial charge in [0.25, 0.3) is 0 Å². The summed E-state index contributed by atoms with van der Waals surface area (Å²) in [4.78, 5) is 1.65. The lowest BCUT2D eigenvalue weighted by molar-refractivity contribution is -0.109. The van der Waals surface area contributed by atoms with Gasteiger partial charge >= 0.3 is 6.18 Å². The van der Waals surface area contributed by atoms with Crippen molar-refractivity contribution in [3.8, 4) is 0 Å². The number of hydrazine groups is 1. The smallest absolute Gasteiger partial charge is 0.293 e. The molecule has 0 saturated carbocycles. The summed E-state index contributed by atoms with van der Waals surface area (Å²) >= 11 is 7.47. The zero-order valence-corrected chi connectivity index (χ0v) is 16.3. The van der Waals surface area contributed by atoms with Gasteiger partial charge in [-0.3, -0.25) is 9.91 Å². The maximum atomic E-state index is 14.6. The number of anilines is 1. The third-order valence-electron chi connectivity index (χ3n) is 3.92. The molecular formula is C18H18ClF4N3S. The molecule has 1 heterocycles. The Kier molecular flexibility index (Phi) is 6.03. The molecule has 1 atom stereocenters. The highest BCUT2D eigenvalue weighted by molar-refractivity contribution is 8.00. The average molecular weight is 420 g/mol. The van der Waals surface area contributed by atoms with E-state index in [1.54, 1.807) is 0 Å². The SMILES string of the molecule is C=C(C)C(C)Sc1cc(N2C(=C)C=C(C(F)(F)F)N(N)C2=C)c(F)cc1Cl. The molecule has 1 unspecified atom stereocenters. The molecule has 1 aromatic rings. The number of hydrogen-bond acceptors (Lipinski definition) is 4. The van der Waals surface area contributed by atoms with Crippen LogP contribution < -0.4 is 10.7 Å². The van der Waals surface area contributed by atoms with E-state index >= 15 is 0 Å². The molecule has 146 valence electrons. The lowest BCUT2D eigenvalue weighted by Gasteiger charge is -2.38. The number of nitrogens with two attached hydrogens (primary N) is 1. The van der Waals surface area contributed by atoms with Crippen molar-refractivity contribution >= 4 is 29.1 Å². The van der Waals surface area contributed by atoms with Crippen LogP contribution in [0, 0.1) is 5.82 Å². The van der Waals surface area contributed by atoms with Gasteiger partial charge in [-0.2, -0.15) is 13.2 Å². The minimum atomic E-state index is -4.71. The van der Waals surface area contributed by atoms with Gasteiger partial charge in [0, 0.05) is 15.8 Å². The average Bonchev–Trinajstić information content (AvgIpc) is 2.53. The maximum Gasteiger partial charge on any atom is 0.433 e. The number of hydrogen-bond donors (Lipinski definition) is 1. The van der Waals surface area contributed by atoms with Gasteiger partial charge < -0.3 is 0 Å². The Bertz CT molecular complexity index is 848. The second-order valence-electron chi connectivity index (χ2n) is 5.98. The second kappa shape index (κ2) is 7.61. The monoisotopic (exact) mass is 419 g/mol. The van der Waals surface area contributed by atoms with Gasteiger partial charge in [-0.25, -0.2) is 10.2 Å². The quantitative estimate of drug-likeness (QED) is 0.282. The molecule has 3 nitrogen and oxygen atoms in total. The van der Waals surface area contributed by atoms with E-state index in [1.807, 2.05) is 13.8 Å². The van der Waals surface area contributed by atoms with E-state index < -0.39 is 17.7 Å². The van der Waals surface area contributed by atoms with E-state index in [9.17, 15) is 17.6 Å². The molecule has 0 bridgehead atoms. The van der Waals surface area contributed by atoms with Gasteiger partial charge in [-0.05, 0) is 32.1 Å². The Morgan fingerprint density at radius 3 is 2.41 bits per heavy atom. The van der Waals surface area contributed by atoms with Gasteiger partial charge in [0.2, 0.25) is 0 Å². The Hall–Kier alpha value is -1.90. The first-order chi connectivity index (χ1) is 12.3. The first kappa shape index (κ1) is 21.4. The Balaban J connectivity index is 2.52. The molecule has 0 fully saturated rings. The summed E-state index contributed by atoms with van der Waals surface area (Å²) in [6, 6.07) is 2.52. The molecule has 1 aromatic carbocycles. The summed E-state index contributed by atoms with van der Waals surface area (Å²) in [5.41, 5.74) is -0.439. The molecule has 2 N–H and O–H groups in total. The van der Waals surface area contributed by atoms with E-state index in [2.05, 4.69) is 19.7 Å². The highest BCUT2D eigenvalue weighted by Gasteiger charge is 2.42. The molecule has 0 aromatic heterocycles. The van der Waals surface area contributed by atoms with Crippen LogP contribution in [0.1, 0.15) is 13.8 Å². The third kappa shape index (κ3) is 4.34. The van der Waals surface area contributed by atoms with E-state index in [4.69, 9.17) is 17.4 Å². The van der Waals surface area contributed by atoms with Gasteiger partial charge in [0.05, 0.1) is 10.7 Å². The molecule has 1 aliphatic heterocycles. The number of rotatable bonds is 4. The van der Waals surface area contributed by atoms with Crippen LogP contribution in [0.5, 0.6) is 0 Å². The van der Waals surface area contributed by atoms with E-state index in [0.717, 1.165) is 22.6 Å². The van der Waals surface area contributed by atoms with Crippen LogP contribution in [-0.4, -0.2) is 16.4 Å². The van der Waals surface area contributed by atoms with Crippen LogP contribution >= 0.6 is 23.4 Å².